The van der Waals surface area contributed by atoms with Gasteiger partial charge in [0.1, 0.15) is 0 Å². The number of rotatable bonds is 2. The molecule has 0 unspecified atom stereocenters. The molecule has 2 aromatic carbocycles. The average Bonchev–Trinajstić information content (AvgIpc) is 2.65. The summed E-state index contributed by atoms with van der Waals surface area (Å²) in [6.07, 6.45) is 8.56. The first-order chi connectivity index (χ1) is 14.1. The standard InChI is InChI=1S/C22H17BrN.F6P/c1-16-2-7-19-11-13-24-12-10-18(15-22(24)21(19)14-16)4-3-17-5-8-20(23)9-6-17;1-7(2,3,4,5)6/h2-15H,1H3;/q+1;-1/b4-3+;. The van der Waals surface area contributed by atoms with Crippen LogP contribution in [-0.2, 0) is 0 Å². The second-order valence-electron chi connectivity index (χ2n) is 7.00. The van der Waals surface area contributed by atoms with Crippen LogP contribution in [0.2, 0.25) is 0 Å². The molecule has 4 aromatic rings. The minimum atomic E-state index is -10.7. The van der Waals surface area contributed by atoms with Crippen LogP contribution in [0.25, 0.3) is 28.4 Å². The molecule has 2 heterocycles. The van der Waals surface area contributed by atoms with Crippen LogP contribution in [-0.4, -0.2) is 0 Å². The van der Waals surface area contributed by atoms with E-state index in [2.05, 4.69) is 112 Å². The van der Waals surface area contributed by atoms with E-state index in [-0.39, 0.29) is 0 Å². The Bertz CT molecular complexity index is 1270. The SMILES string of the molecule is Cc1ccc2cc[n+]3ccc(/C=C/c4ccc(Br)cc4)cc3c2c1.F[P-](F)(F)(F)(F)F. The molecule has 1 nitrogen and oxygen atoms in total. The van der Waals surface area contributed by atoms with Crippen molar-refractivity contribution in [3.8, 4) is 0 Å². The fraction of sp³-hybridized carbons (Fsp3) is 0.0455. The Balaban J connectivity index is 0.000000339. The van der Waals surface area contributed by atoms with Gasteiger partial charge >= 0.3 is 33.0 Å². The molecule has 0 spiro atoms. The number of benzene rings is 2. The van der Waals surface area contributed by atoms with Gasteiger partial charge in [0.05, 0.1) is 5.39 Å². The molecule has 0 radical (unpaired) electrons. The Morgan fingerprint density at radius 1 is 0.742 bits per heavy atom. The van der Waals surface area contributed by atoms with Crippen LogP contribution in [0.1, 0.15) is 16.7 Å². The number of halogens is 7. The minimum absolute atomic E-state index is 1.10. The Morgan fingerprint density at radius 3 is 1.97 bits per heavy atom. The third kappa shape index (κ3) is 7.96. The molecule has 164 valence electrons. The first kappa shape index (κ1) is 23.2. The summed E-state index contributed by atoms with van der Waals surface area (Å²) in [7, 11) is -10.7. The molecule has 0 aliphatic heterocycles. The van der Waals surface area contributed by atoms with Crippen LogP contribution < -0.4 is 4.40 Å². The molecule has 9 heteroatoms. The van der Waals surface area contributed by atoms with Crippen LogP contribution in [0.15, 0.2) is 77.5 Å². The third-order valence-electron chi connectivity index (χ3n) is 4.25. The Kier molecular flexibility index (Phi) is 5.70. The summed E-state index contributed by atoms with van der Waals surface area (Å²) in [5.74, 6) is 0. The molecule has 2 aromatic heterocycles. The van der Waals surface area contributed by atoms with Crippen molar-refractivity contribution in [2.45, 2.75) is 6.92 Å². The molecule has 0 aliphatic rings. The summed E-state index contributed by atoms with van der Waals surface area (Å²) in [6, 6.07) is 21.5. The van der Waals surface area contributed by atoms with E-state index >= 15 is 0 Å². The van der Waals surface area contributed by atoms with Gasteiger partial charge in [0.2, 0.25) is 5.52 Å². The summed E-state index contributed by atoms with van der Waals surface area (Å²) >= 11 is 3.47. The van der Waals surface area contributed by atoms with Crippen LogP contribution in [0.5, 0.6) is 0 Å². The van der Waals surface area contributed by atoms with Gasteiger partial charge in [0.25, 0.3) is 0 Å². The Hall–Kier alpha value is -2.44. The van der Waals surface area contributed by atoms with Crippen molar-refractivity contribution in [2.75, 3.05) is 0 Å². The second-order valence-corrected chi connectivity index (χ2v) is 9.83. The number of fused-ring (bicyclic) bond motifs is 3. The van der Waals surface area contributed by atoms with Gasteiger partial charge in [-0.2, -0.15) is 4.40 Å². The van der Waals surface area contributed by atoms with E-state index in [1.54, 1.807) is 0 Å². The van der Waals surface area contributed by atoms with Crippen LogP contribution >= 0.6 is 23.7 Å². The van der Waals surface area contributed by atoms with Gasteiger partial charge in [-0.25, -0.2) is 0 Å². The first-order valence-electron chi connectivity index (χ1n) is 8.98. The molecule has 0 saturated heterocycles. The van der Waals surface area contributed by atoms with E-state index in [1.807, 2.05) is 0 Å². The van der Waals surface area contributed by atoms with Gasteiger partial charge in [0.15, 0.2) is 12.4 Å². The van der Waals surface area contributed by atoms with Crippen molar-refractivity contribution in [3.63, 3.8) is 0 Å². The number of nitrogens with zero attached hydrogens (tertiary/aromatic N) is 1. The van der Waals surface area contributed by atoms with E-state index in [0.29, 0.717) is 0 Å². The maximum atomic E-state index is 9.87. The third-order valence-corrected chi connectivity index (χ3v) is 4.78. The number of hydrogen-bond donors (Lipinski definition) is 0. The second kappa shape index (κ2) is 7.61. The fourth-order valence-corrected chi connectivity index (χ4v) is 3.21. The molecule has 0 atom stereocenters. The molecule has 0 N–H and O–H groups in total. The fourth-order valence-electron chi connectivity index (χ4n) is 2.94. The van der Waals surface area contributed by atoms with Gasteiger partial charge in [0, 0.05) is 22.7 Å². The zero-order chi connectivity index (χ0) is 22.9. The summed E-state index contributed by atoms with van der Waals surface area (Å²) < 4.78 is 62.5. The van der Waals surface area contributed by atoms with Gasteiger partial charge < -0.3 is 0 Å². The first-order valence-corrected chi connectivity index (χ1v) is 11.8. The average molecular weight is 520 g/mol. The number of hydrogen-bond acceptors (Lipinski definition) is 0. The van der Waals surface area contributed by atoms with Gasteiger partial charge in [-0.05, 0) is 41.6 Å². The molecule has 0 saturated carbocycles. The van der Waals surface area contributed by atoms with E-state index in [1.165, 1.54) is 33.0 Å². The molecule has 31 heavy (non-hydrogen) atoms. The molecule has 4 rings (SSSR count). The van der Waals surface area contributed by atoms with Crippen molar-refractivity contribution in [3.05, 3.63) is 94.2 Å². The van der Waals surface area contributed by atoms with Crippen LogP contribution in [0.3, 0.4) is 0 Å². The molecule has 0 fully saturated rings. The predicted molar refractivity (Wildman–Crippen MR) is 118 cm³/mol. The van der Waals surface area contributed by atoms with Gasteiger partial charge in [-0.15, -0.1) is 0 Å². The molecular weight excluding hydrogens is 503 g/mol. The molecule has 0 amide bonds. The summed E-state index contributed by atoms with van der Waals surface area (Å²) in [5.41, 5.74) is 4.91. The zero-order valence-electron chi connectivity index (χ0n) is 16.1. The molecule has 0 aliphatic carbocycles. The summed E-state index contributed by atoms with van der Waals surface area (Å²) in [4.78, 5) is 0. The van der Waals surface area contributed by atoms with Gasteiger partial charge in [-0.3, -0.25) is 0 Å². The molecule has 0 bridgehead atoms. The molecular formula is C22H17BrF6NP. The topological polar surface area (TPSA) is 4.10 Å². The summed E-state index contributed by atoms with van der Waals surface area (Å²) in [5, 5.41) is 2.56. The number of aromatic nitrogens is 1. The van der Waals surface area contributed by atoms with Crippen molar-refractivity contribution >= 4 is 52.2 Å². The number of aryl methyl sites for hydroxylation is 1. The van der Waals surface area contributed by atoms with E-state index in [0.717, 1.165) is 4.47 Å². The Morgan fingerprint density at radius 2 is 1.32 bits per heavy atom. The Labute approximate surface area is 183 Å². The predicted octanol–water partition coefficient (Wildman–Crippen LogP) is 9.20. The van der Waals surface area contributed by atoms with Crippen LogP contribution in [0.4, 0.5) is 25.2 Å². The van der Waals surface area contributed by atoms with Crippen molar-refractivity contribution in [2.24, 2.45) is 0 Å². The van der Waals surface area contributed by atoms with Gasteiger partial charge in [-0.1, -0.05) is 57.9 Å². The van der Waals surface area contributed by atoms with Crippen LogP contribution in [0, 0.1) is 6.92 Å². The van der Waals surface area contributed by atoms with E-state index < -0.39 is 7.81 Å². The zero-order valence-corrected chi connectivity index (χ0v) is 18.6. The monoisotopic (exact) mass is 519 g/mol. The normalized spacial score (nSPS) is 14.2. The van der Waals surface area contributed by atoms with E-state index in [4.69, 9.17) is 0 Å². The quantitative estimate of drug-likeness (QED) is 0.107. The van der Waals surface area contributed by atoms with Crippen molar-refractivity contribution in [1.82, 2.24) is 0 Å². The maximum absolute atomic E-state index is 10.7. The summed E-state index contributed by atoms with van der Waals surface area (Å²) in [6.45, 7) is 2.14. The number of pyridine rings is 2. The van der Waals surface area contributed by atoms with Crippen molar-refractivity contribution in [1.29, 1.82) is 0 Å². The van der Waals surface area contributed by atoms with E-state index in [9.17, 15) is 25.2 Å². The van der Waals surface area contributed by atoms with Crippen molar-refractivity contribution < 1.29 is 29.6 Å².